The predicted octanol–water partition coefficient (Wildman–Crippen LogP) is 2.97. The van der Waals surface area contributed by atoms with Crippen LogP contribution < -0.4 is 5.32 Å². The highest BCUT2D eigenvalue weighted by Crippen LogP contribution is 2.43. The number of hydrogen-bond donors (Lipinski definition) is 1. The fourth-order valence-electron chi connectivity index (χ4n) is 4.14. The third kappa shape index (κ3) is 2.95. The number of hydrogen-bond acceptors (Lipinski definition) is 4. The zero-order valence-corrected chi connectivity index (χ0v) is 13.4. The maximum atomic E-state index is 11.9. The van der Waals surface area contributed by atoms with Gasteiger partial charge in [0.1, 0.15) is 5.60 Å². The molecule has 1 unspecified atom stereocenters. The average molecular weight is 316 g/mol. The van der Waals surface area contributed by atoms with Gasteiger partial charge in [0, 0.05) is 44.6 Å². The molecule has 0 aliphatic carbocycles. The van der Waals surface area contributed by atoms with Crippen LogP contribution in [0.1, 0.15) is 31.2 Å². The van der Waals surface area contributed by atoms with Crippen LogP contribution in [0.3, 0.4) is 0 Å². The number of nitrogens with one attached hydrogen (secondary N) is 1. The van der Waals surface area contributed by atoms with Gasteiger partial charge < -0.3 is 14.4 Å². The van der Waals surface area contributed by atoms with Gasteiger partial charge in [-0.15, -0.1) is 0 Å². The van der Waals surface area contributed by atoms with Gasteiger partial charge in [-0.25, -0.2) is 4.79 Å². The molecule has 23 heavy (non-hydrogen) atoms. The monoisotopic (exact) mass is 316 g/mol. The molecule has 1 aromatic rings. The van der Waals surface area contributed by atoms with Gasteiger partial charge in [-0.05, 0) is 24.8 Å². The van der Waals surface area contributed by atoms with E-state index < -0.39 is 5.60 Å². The standard InChI is InChI=1S/C18H24N2O3/c21-17-19-16-6-2-1-5-15(16)18(23-17)7-9-20(10-8-18)12-14-4-3-11-22-13-14/h1-2,5-6,14H,3-4,7-13H2,(H,19,21). The second-order valence-corrected chi connectivity index (χ2v) is 6.94. The van der Waals surface area contributed by atoms with Crippen LogP contribution in [0, 0.1) is 5.92 Å². The number of rotatable bonds is 2. The summed E-state index contributed by atoms with van der Waals surface area (Å²) in [4.78, 5) is 14.4. The molecule has 1 amide bonds. The van der Waals surface area contributed by atoms with Crippen molar-refractivity contribution in [1.29, 1.82) is 0 Å². The molecule has 0 bridgehead atoms. The molecule has 1 spiro atoms. The molecule has 124 valence electrons. The van der Waals surface area contributed by atoms with Gasteiger partial charge >= 0.3 is 6.09 Å². The Morgan fingerprint density at radius 2 is 2.09 bits per heavy atom. The minimum atomic E-state index is -0.446. The van der Waals surface area contributed by atoms with Crippen LogP contribution in [0.15, 0.2) is 24.3 Å². The zero-order chi connectivity index (χ0) is 15.7. The lowest BCUT2D eigenvalue weighted by Gasteiger charge is -2.45. The topological polar surface area (TPSA) is 50.8 Å². The second-order valence-electron chi connectivity index (χ2n) is 6.94. The van der Waals surface area contributed by atoms with Crippen molar-refractivity contribution in [3.8, 4) is 0 Å². The SMILES string of the molecule is O=C1Nc2ccccc2C2(CCN(CC3CCCOC3)CC2)O1. The molecule has 0 aromatic heterocycles. The normalized spacial score (nSPS) is 27.1. The minimum absolute atomic E-state index is 0.321. The summed E-state index contributed by atoms with van der Waals surface area (Å²) in [7, 11) is 0. The molecule has 5 heteroatoms. The maximum absolute atomic E-state index is 11.9. The van der Waals surface area contributed by atoms with Gasteiger partial charge in [0.2, 0.25) is 0 Å². The molecule has 2 saturated heterocycles. The molecule has 3 aliphatic rings. The van der Waals surface area contributed by atoms with E-state index in [0.717, 1.165) is 56.9 Å². The molecular weight excluding hydrogens is 292 g/mol. The molecule has 3 aliphatic heterocycles. The third-order valence-corrected chi connectivity index (χ3v) is 5.38. The summed E-state index contributed by atoms with van der Waals surface area (Å²) in [6.07, 6.45) is 3.86. The molecule has 4 rings (SSSR count). The molecule has 1 aromatic carbocycles. The number of carbonyl (C=O) groups is 1. The molecule has 2 fully saturated rings. The highest BCUT2D eigenvalue weighted by atomic mass is 16.6. The Labute approximate surface area is 136 Å². The van der Waals surface area contributed by atoms with E-state index in [2.05, 4.69) is 16.3 Å². The van der Waals surface area contributed by atoms with E-state index in [-0.39, 0.29) is 6.09 Å². The van der Waals surface area contributed by atoms with Crippen molar-refractivity contribution >= 4 is 11.8 Å². The van der Waals surface area contributed by atoms with Crippen LogP contribution in [0.2, 0.25) is 0 Å². The van der Waals surface area contributed by atoms with Crippen molar-refractivity contribution in [3.63, 3.8) is 0 Å². The first-order chi connectivity index (χ1) is 11.3. The lowest BCUT2D eigenvalue weighted by molar-refractivity contribution is -0.0454. The number of benzene rings is 1. The summed E-state index contributed by atoms with van der Waals surface area (Å²) in [5.74, 6) is 0.653. The maximum Gasteiger partial charge on any atom is 0.412 e. The minimum Gasteiger partial charge on any atom is -0.438 e. The number of likely N-dealkylation sites (tertiary alicyclic amines) is 1. The van der Waals surface area contributed by atoms with E-state index in [1.807, 2.05) is 18.2 Å². The molecule has 0 radical (unpaired) electrons. The average Bonchev–Trinajstić information content (AvgIpc) is 2.58. The Balaban J connectivity index is 1.45. The van der Waals surface area contributed by atoms with Gasteiger partial charge in [0.25, 0.3) is 0 Å². The Hall–Kier alpha value is -1.59. The molecule has 5 nitrogen and oxygen atoms in total. The summed E-state index contributed by atoms with van der Waals surface area (Å²) >= 11 is 0. The zero-order valence-electron chi connectivity index (χ0n) is 13.4. The fourth-order valence-corrected chi connectivity index (χ4v) is 4.14. The molecule has 0 saturated carbocycles. The lowest BCUT2D eigenvalue weighted by atomic mass is 9.82. The first-order valence-electron chi connectivity index (χ1n) is 8.65. The highest BCUT2D eigenvalue weighted by molar-refractivity contribution is 5.88. The third-order valence-electron chi connectivity index (χ3n) is 5.38. The number of para-hydroxylation sites is 1. The molecule has 3 heterocycles. The van der Waals surface area contributed by atoms with E-state index >= 15 is 0 Å². The second kappa shape index (κ2) is 6.13. The van der Waals surface area contributed by atoms with E-state index in [1.54, 1.807) is 0 Å². The van der Waals surface area contributed by atoms with Gasteiger partial charge in [-0.1, -0.05) is 18.2 Å². The highest BCUT2D eigenvalue weighted by Gasteiger charge is 2.44. The van der Waals surface area contributed by atoms with Crippen molar-refractivity contribution in [1.82, 2.24) is 4.90 Å². The predicted molar refractivity (Wildman–Crippen MR) is 87.4 cm³/mol. The van der Waals surface area contributed by atoms with E-state index in [9.17, 15) is 4.79 Å². The quantitative estimate of drug-likeness (QED) is 0.911. The van der Waals surface area contributed by atoms with Gasteiger partial charge in [-0.2, -0.15) is 0 Å². The summed E-state index contributed by atoms with van der Waals surface area (Å²) in [6, 6.07) is 8.02. The first-order valence-corrected chi connectivity index (χ1v) is 8.65. The van der Waals surface area contributed by atoms with E-state index in [0.29, 0.717) is 5.92 Å². The number of carbonyl (C=O) groups excluding carboxylic acids is 1. The van der Waals surface area contributed by atoms with Crippen LogP contribution in [0.4, 0.5) is 10.5 Å². The summed E-state index contributed by atoms with van der Waals surface area (Å²) in [6.45, 7) is 4.85. The van der Waals surface area contributed by atoms with Crippen molar-refractivity contribution < 1.29 is 14.3 Å². The van der Waals surface area contributed by atoms with Crippen LogP contribution in [0.25, 0.3) is 0 Å². The van der Waals surface area contributed by atoms with E-state index in [1.165, 1.54) is 12.8 Å². The molecular formula is C18H24N2O3. The summed E-state index contributed by atoms with van der Waals surface area (Å²) in [5.41, 5.74) is 1.58. The number of anilines is 1. The summed E-state index contributed by atoms with van der Waals surface area (Å²) in [5, 5.41) is 2.82. The first kappa shape index (κ1) is 15.0. The Morgan fingerprint density at radius 3 is 2.87 bits per heavy atom. The number of amides is 1. The number of nitrogens with zero attached hydrogens (tertiary/aromatic N) is 1. The van der Waals surface area contributed by atoms with Crippen LogP contribution >= 0.6 is 0 Å². The largest absolute Gasteiger partial charge is 0.438 e. The van der Waals surface area contributed by atoms with Gasteiger partial charge in [0.05, 0.1) is 12.3 Å². The van der Waals surface area contributed by atoms with Crippen LogP contribution in [0.5, 0.6) is 0 Å². The molecule has 1 atom stereocenters. The van der Waals surface area contributed by atoms with Crippen LogP contribution in [-0.4, -0.2) is 43.8 Å². The number of ether oxygens (including phenoxy) is 2. The fraction of sp³-hybridized carbons (Fsp3) is 0.611. The molecule has 1 N–H and O–H groups in total. The number of piperidine rings is 1. The van der Waals surface area contributed by atoms with E-state index in [4.69, 9.17) is 9.47 Å². The Bertz CT molecular complexity index is 575. The smallest absolute Gasteiger partial charge is 0.412 e. The number of fused-ring (bicyclic) bond motifs is 2. The van der Waals surface area contributed by atoms with Crippen molar-refractivity contribution in [3.05, 3.63) is 29.8 Å². The Kier molecular flexibility index (Phi) is 3.99. The van der Waals surface area contributed by atoms with Crippen molar-refractivity contribution in [2.75, 3.05) is 38.2 Å². The van der Waals surface area contributed by atoms with Gasteiger partial charge in [-0.3, -0.25) is 5.32 Å². The van der Waals surface area contributed by atoms with Crippen molar-refractivity contribution in [2.45, 2.75) is 31.3 Å². The van der Waals surface area contributed by atoms with Gasteiger partial charge in [0.15, 0.2) is 0 Å². The van der Waals surface area contributed by atoms with Crippen molar-refractivity contribution in [2.24, 2.45) is 5.92 Å². The Morgan fingerprint density at radius 1 is 1.26 bits per heavy atom. The summed E-state index contributed by atoms with van der Waals surface area (Å²) < 4.78 is 11.4. The lowest BCUT2D eigenvalue weighted by Crippen LogP contribution is -2.49. The van der Waals surface area contributed by atoms with Crippen LogP contribution in [-0.2, 0) is 15.1 Å².